The Balaban J connectivity index is 2.24. The lowest BCUT2D eigenvalue weighted by Crippen LogP contribution is -2.06. The van der Waals surface area contributed by atoms with E-state index in [0.717, 1.165) is 16.8 Å². The molecule has 0 saturated carbocycles. The SMILES string of the molecule is C=CCNc1cnnc(Nc2c(C)cc(C)cc2Cl)n1. The molecular weight excluding hydrogens is 274 g/mol. The van der Waals surface area contributed by atoms with Crippen molar-refractivity contribution in [2.24, 2.45) is 0 Å². The summed E-state index contributed by atoms with van der Waals surface area (Å²) in [5.41, 5.74) is 2.93. The topological polar surface area (TPSA) is 62.7 Å². The van der Waals surface area contributed by atoms with Crippen LogP contribution >= 0.6 is 11.6 Å². The molecule has 0 fully saturated rings. The largest absolute Gasteiger partial charge is 0.365 e. The summed E-state index contributed by atoms with van der Waals surface area (Å²) in [4.78, 5) is 4.31. The van der Waals surface area contributed by atoms with E-state index in [1.165, 1.54) is 0 Å². The number of benzene rings is 1. The molecule has 0 aliphatic rings. The molecule has 0 bridgehead atoms. The van der Waals surface area contributed by atoms with Gasteiger partial charge in [-0.1, -0.05) is 23.7 Å². The second-order valence-electron chi connectivity index (χ2n) is 4.40. The maximum absolute atomic E-state index is 6.24. The molecule has 1 aromatic heterocycles. The van der Waals surface area contributed by atoms with E-state index in [4.69, 9.17) is 11.6 Å². The monoisotopic (exact) mass is 289 g/mol. The molecule has 0 spiro atoms. The number of hydrogen-bond acceptors (Lipinski definition) is 5. The van der Waals surface area contributed by atoms with E-state index >= 15 is 0 Å². The summed E-state index contributed by atoms with van der Waals surface area (Å²) in [5.74, 6) is 1.02. The van der Waals surface area contributed by atoms with Gasteiger partial charge in [0.05, 0.1) is 16.9 Å². The number of anilines is 3. The van der Waals surface area contributed by atoms with Gasteiger partial charge >= 0.3 is 0 Å². The average Bonchev–Trinajstić information content (AvgIpc) is 2.41. The quantitative estimate of drug-likeness (QED) is 0.825. The average molecular weight is 290 g/mol. The number of rotatable bonds is 5. The van der Waals surface area contributed by atoms with Crippen molar-refractivity contribution in [1.82, 2.24) is 15.2 Å². The lowest BCUT2D eigenvalue weighted by atomic mass is 10.1. The number of hydrogen-bond donors (Lipinski definition) is 2. The zero-order valence-electron chi connectivity index (χ0n) is 11.4. The predicted octanol–water partition coefficient (Wildman–Crippen LogP) is 3.48. The fourth-order valence-corrected chi connectivity index (χ4v) is 2.17. The molecule has 104 valence electrons. The number of nitrogens with zero attached hydrogens (tertiary/aromatic N) is 3. The summed E-state index contributed by atoms with van der Waals surface area (Å²) in [6.07, 6.45) is 3.30. The summed E-state index contributed by atoms with van der Waals surface area (Å²) in [6.45, 7) is 8.23. The first kappa shape index (κ1) is 14.3. The molecule has 1 aromatic carbocycles. The molecule has 2 N–H and O–H groups in total. The Morgan fingerprint density at radius 1 is 1.35 bits per heavy atom. The molecule has 0 unspecified atom stereocenters. The highest BCUT2D eigenvalue weighted by atomic mass is 35.5. The Bertz CT molecular complexity index is 604. The summed E-state index contributed by atoms with van der Waals surface area (Å²) in [7, 11) is 0. The number of nitrogens with one attached hydrogen (secondary N) is 2. The highest BCUT2D eigenvalue weighted by molar-refractivity contribution is 6.33. The van der Waals surface area contributed by atoms with Crippen molar-refractivity contribution in [1.29, 1.82) is 0 Å². The minimum atomic E-state index is 0.396. The Morgan fingerprint density at radius 3 is 2.85 bits per heavy atom. The number of halogens is 1. The molecule has 0 radical (unpaired) electrons. The molecule has 0 atom stereocenters. The lowest BCUT2D eigenvalue weighted by Gasteiger charge is -2.11. The van der Waals surface area contributed by atoms with Gasteiger partial charge in [0.15, 0.2) is 5.82 Å². The number of aromatic nitrogens is 3. The minimum Gasteiger partial charge on any atom is -0.365 e. The number of aryl methyl sites for hydroxylation is 2. The van der Waals surface area contributed by atoms with Crippen molar-refractivity contribution in [2.75, 3.05) is 17.2 Å². The zero-order valence-corrected chi connectivity index (χ0v) is 12.2. The summed E-state index contributed by atoms with van der Waals surface area (Å²) in [6, 6.07) is 3.94. The molecule has 0 aliphatic heterocycles. The fourth-order valence-electron chi connectivity index (χ4n) is 1.80. The van der Waals surface area contributed by atoms with E-state index in [-0.39, 0.29) is 0 Å². The second-order valence-corrected chi connectivity index (χ2v) is 4.81. The fraction of sp³-hybridized carbons (Fsp3) is 0.214. The molecule has 0 aliphatic carbocycles. The van der Waals surface area contributed by atoms with Crippen molar-refractivity contribution in [2.45, 2.75) is 13.8 Å². The van der Waals surface area contributed by atoms with Crippen LogP contribution in [0.5, 0.6) is 0 Å². The van der Waals surface area contributed by atoms with Gasteiger partial charge in [-0.05, 0) is 31.0 Å². The maximum atomic E-state index is 6.24. The van der Waals surface area contributed by atoms with Crippen molar-refractivity contribution in [3.63, 3.8) is 0 Å². The van der Waals surface area contributed by atoms with Gasteiger partial charge in [-0.15, -0.1) is 11.7 Å². The molecule has 2 aromatic rings. The second kappa shape index (κ2) is 6.34. The van der Waals surface area contributed by atoms with Crippen molar-refractivity contribution in [3.8, 4) is 0 Å². The van der Waals surface area contributed by atoms with Gasteiger partial charge in [0, 0.05) is 6.54 Å². The van der Waals surface area contributed by atoms with Crippen molar-refractivity contribution in [3.05, 3.63) is 47.1 Å². The van der Waals surface area contributed by atoms with E-state index in [1.54, 1.807) is 12.3 Å². The molecule has 1 heterocycles. The van der Waals surface area contributed by atoms with Gasteiger partial charge < -0.3 is 10.6 Å². The van der Waals surface area contributed by atoms with E-state index in [1.807, 2.05) is 26.0 Å². The van der Waals surface area contributed by atoms with Gasteiger partial charge in [-0.2, -0.15) is 10.1 Å². The summed E-state index contributed by atoms with van der Waals surface area (Å²) < 4.78 is 0. The Kier molecular flexibility index (Phi) is 4.53. The molecule has 6 heteroatoms. The third-order valence-corrected chi connectivity index (χ3v) is 2.95. The van der Waals surface area contributed by atoms with Crippen LogP contribution in [0.2, 0.25) is 5.02 Å². The van der Waals surface area contributed by atoms with Crippen LogP contribution in [0.4, 0.5) is 17.5 Å². The Labute approximate surface area is 123 Å². The van der Waals surface area contributed by atoms with Crippen LogP contribution in [0.3, 0.4) is 0 Å². The third-order valence-electron chi connectivity index (χ3n) is 2.65. The van der Waals surface area contributed by atoms with E-state index in [2.05, 4.69) is 32.4 Å². The maximum Gasteiger partial charge on any atom is 0.249 e. The van der Waals surface area contributed by atoms with Gasteiger partial charge in [0.1, 0.15) is 0 Å². The minimum absolute atomic E-state index is 0.396. The van der Waals surface area contributed by atoms with E-state index in [0.29, 0.717) is 23.3 Å². The van der Waals surface area contributed by atoms with Gasteiger partial charge in [-0.25, -0.2) is 0 Å². The Hall–Kier alpha value is -2.14. The first-order chi connectivity index (χ1) is 9.60. The molecule has 2 rings (SSSR count). The van der Waals surface area contributed by atoms with E-state index in [9.17, 15) is 0 Å². The summed E-state index contributed by atoms with van der Waals surface area (Å²) >= 11 is 6.24. The lowest BCUT2D eigenvalue weighted by molar-refractivity contribution is 0.975. The first-order valence-electron chi connectivity index (χ1n) is 6.18. The third kappa shape index (κ3) is 3.45. The van der Waals surface area contributed by atoms with Crippen LogP contribution in [-0.2, 0) is 0 Å². The molecular formula is C14H16ClN5. The molecule has 20 heavy (non-hydrogen) atoms. The molecule has 5 nitrogen and oxygen atoms in total. The van der Waals surface area contributed by atoms with Crippen LogP contribution in [0.25, 0.3) is 0 Å². The van der Waals surface area contributed by atoms with Crippen molar-refractivity contribution >= 4 is 29.1 Å². The smallest absolute Gasteiger partial charge is 0.249 e. The van der Waals surface area contributed by atoms with Crippen LogP contribution in [0.1, 0.15) is 11.1 Å². The Morgan fingerprint density at radius 2 is 2.15 bits per heavy atom. The van der Waals surface area contributed by atoms with Crippen LogP contribution < -0.4 is 10.6 Å². The van der Waals surface area contributed by atoms with E-state index < -0.39 is 0 Å². The van der Waals surface area contributed by atoms with Gasteiger partial charge in [-0.3, -0.25) is 0 Å². The van der Waals surface area contributed by atoms with Crippen molar-refractivity contribution < 1.29 is 0 Å². The van der Waals surface area contributed by atoms with Crippen LogP contribution in [0.15, 0.2) is 31.0 Å². The highest BCUT2D eigenvalue weighted by Crippen LogP contribution is 2.29. The van der Waals surface area contributed by atoms with Crippen LogP contribution in [0, 0.1) is 13.8 Å². The van der Waals surface area contributed by atoms with Gasteiger partial charge in [0.25, 0.3) is 0 Å². The molecule has 0 saturated heterocycles. The zero-order chi connectivity index (χ0) is 14.5. The normalized spacial score (nSPS) is 10.2. The van der Waals surface area contributed by atoms with Crippen LogP contribution in [-0.4, -0.2) is 21.7 Å². The summed E-state index contributed by atoms with van der Waals surface area (Å²) in [5, 5.41) is 14.6. The molecule has 0 amide bonds. The predicted molar refractivity (Wildman–Crippen MR) is 82.7 cm³/mol. The standard InChI is InChI=1S/C14H16ClN5/c1-4-5-16-12-8-17-20-14(18-12)19-13-10(3)6-9(2)7-11(13)15/h4,6-8H,1,5H2,2-3H3,(H2,16,18,19,20). The highest BCUT2D eigenvalue weighted by Gasteiger charge is 2.08. The van der Waals surface area contributed by atoms with Gasteiger partial charge in [0.2, 0.25) is 5.95 Å². The first-order valence-corrected chi connectivity index (χ1v) is 6.56.